The maximum atomic E-state index is 9.80. The van der Waals surface area contributed by atoms with Gasteiger partial charge in [-0.3, -0.25) is 0 Å². The Balaban J connectivity index is 1.96. The van der Waals surface area contributed by atoms with Crippen molar-refractivity contribution in [2.75, 3.05) is 11.9 Å². The Labute approximate surface area is 113 Å². The van der Waals surface area contributed by atoms with Crippen molar-refractivity contribution in [1.82, 2.24) is 0 Å². The predicted molar refractivity (Wildman–Crippen MR) is 71.3 cm³/mol. The lowest BCUT2D eigenvalue weighted by Gasteiger charge is -2.11. The molecule has 0 amide bonds. The number of aliphatic hydroxyl groups is 1. The quantitative estimate of drug-likeness (QED) is 0.901. The lowest BCUT2D eigenvalue weighted by Crippen LogP contribution is -2.11. The van der Waals surface area contributed by atoms with E-state index < -0.39 is 6.10 Å². The molecule has 17 heavy (non-hydrogen) atoms. The van der Waals surface area contributed by atoms with Gasteiger partial charge in [0.2, 0.25) is 0 Å². The first kappa shape index (κ1) is 12.5. The number of halogens is 2. The van der Waals surface area contributed by atoms with Crippen LogP contribution in [-0.4, -0.2) is 11.7 Å². The predicted octanol–water partition coefficient (Wildman–Crippen LogP) is 3.84. The highest BCUT2D eigenvalue weighted by atomic mass is 79.9. The molecule has 1 unspecified atom stereocenters. The van der Waals surface area contributed by atoms with Crippen LogP contribution >= 0.6 is 27.5 Å². The topological polar surface area (TPSA) is 45.4 Å². The van der Waals surface area contributed by atoms with E-state index in [1.807, 2.05) is 12.1 Å². The minimum atomic E-state index is -0.667. The first-order valence-electron chi connectivity index (χ1n) is 5.07. The second kappa shape index (κ2) is 5.58. The monoisotopic (exact) mass is 315 g/mol. The summed E-state index contributed by atoms with van der Waals surface area (Å²) in [5.41, 5.74) is 0.881. The van der Waals surface area contributed by atoms with Gasteiger partial charge < -0.3 is 14.8 Å². The Morgan fingerprint density at radius 3 is 2.88 bits per heavy atom. The second-order valence-corrected chi connectivity index (χ2v) is 4.80. The smallest absolute Gasteiger partial charge is 0.134 e. The fourth-order valence-electron chi connectivity index (χ4n) is 1.40. The Morgan fingerprint density at radius 1 is 1.41 bits per heavy atom. The summed E-state index contributed by atoms with van der Waals surface area (Å²) >= 11 is 9.22. The standard InChI is InChI=1S/C12H11BrClNO2/c13-9-6-8(3-4-10(9)14)15-7-11(16)12-2-1-5-17-12/h1-6,11,15-16H,7H2. The fourth-order valence-corrected chi connectivity index (χ4v) is 1.90. The summed E-state index contributed by atoms with van der Waals surface area (Å²) in [5.74, 6) is 0.547. The van der Waals surface area contributed by atoms with Crippen molar-refractivity contribution in [3.8, 4) is 0 Å². The van der Waals surface area contributed by atoms with Gasteiger partial charge in [-0.15, -0.1) is 0 Å². The maximum absolute atomic E-state index is 9.80. The molecule has 2 N–H and O–H groups in total. The molecule has 0 aliphatic rings. The lowest BCUT2D eigenvalue weighted by molar-refractivity contribution is 0.162. The van der Waals surface area contributed by atoms with Crippen LogP contribution in [-0.2, 0) is 0 Å². The van der Waals surface area contributed by atoms with E-state index in [2.05, 4.69) is 21.2 Å². The minimum absolute atomic E-state index is 0.377. The van der Waals surface area contributed by atoms with Crippen LogP contribution in [0.15, 0.2) is 45.5 Å². The molecule has 0 fully saturated rings. The van der Waals surface area contributed by atoms with Crippen LogP contribution < -0.4 is 5.32 Å². The van der Waals surface area contributed by atoms with E-state index in [9.17, 15) is 5.11 Å². The highest BCUT2D eigenvalue weighted by Gasteiger charge is 2.09. The van der Waals surface area contributed by atoms with Gasteiger partial charge in [-0.25, -0.2) is 0 Å². The van der Waals surface area contributed by atoms with Gasteiger partial charge >= 0.3 is 0 Å². The molecule has 1 aromatic carbocycles. The van der Waals surface area contributed by atoms with E-state index in [4.69, 9.17) is 16.0 Å². The highest BCUT2D eigenvalue weighted by molar-refractivity contribution is 9.10. The van der Waals surface area contributed by atoms with Gasteiger partial charge in [-0.2, -0.15) is 0 Å². The van der Waals surface area contributed by atoms with Crippen molar-refractivity contribution in [2.45, 2.75) is 6.10 Å². The summed E-state index contributed by atoms with van der Waals surface area (Å²) in [7, 11) is 0. The van der Waals surface area contributed by atoms with Crippen LogP contribution in [0, 0.1) is 0 Å². The number of benzene rings is 1. The molecule has 0 aliphatic carbocycles. The minimum Gasteiger partial charge on any atom is -0.467 e. The summed E-state index contributed by atoms with van der Waals surface area (Å²) < 4.78 is 5.92. The number of nitrogens with one attached hydrogen (secondary N) is 1. The molecule has 1 atom stereocenters. The molecule has 2 aromatic rings. The number of aliphatic hydroxyl groups excluding tert-OH is 1. The third kappa shape index (κ3) is 3.25. The first-order valence-corrected chi connectivity index (χ1v) is 6.24. The number of hydrogen-bond donors (Lipinski definition) is 2. The summed E-state index contributed by atoms with van der Waals surface area (Å²) in [5, 5.41) is 13.6. The van der Waals surface area contributed by atoms with Crippen molar-refractivity contribution < 1.29 is 9.52 Å². The SMILES string of the molecule is OC(CNc1ccc(Cl)c(Br)c1)c1ccco1. The van der Waals surface area contributed by atoms with Crippen LogP contribution in [0.4, 0.5) is 5.69 Å². The van der Waals surface area contributed by atoms with Crippen LogP contribution in [0.25, 0.3) is 0 Å². The van der Waals surface area contributed by atoms with E-state index >= 15 is 0 Å². The number of anilines is 1. The third-order valence-electron chi connectivity index (χ3n) is 2.29. The molecular formula is C12H11BrClNO2. The van der Waals surface area contributed by atoms with Crippen molar-refractivity contribution in [3.63, 3.8) is 0 Å². The maximum Gasteiger partial charge on any atom is 0.134 e. The molecule has 90 valence electrons. The second-order valence-electron chi connectivity index (χ2n) is 3.54. The molecule has 0 saturated carbocycles. The fraction of sp³-hybridized carbons (Fsp3) is 0.167. The number of rotatable bonds is 4. The van der Waals surface area contributed by atoms with Crippen LogP contribution in [0.5, 0.6) is 0 Å². The summed E-state index contributed by atoms with van der Waals surface area (Å²) in [4.78, 5) is 0. The highest BCUT2D eigenvalue weighted by Crippen LogP contribution is 2.26. The molecule has 3 nitrogen and oxygen atoms in total. The molecule has 2 rings (SSSR count). The van der Waals surface area contributed by atoms with Gasteiger partial charge in [0.15, 0.2) is 0 Å². The van der Waals surface area contributed by atoms with Crippen LogP contribution in [0.3, 0.4) is 0 Å². The Morgan fingerprint density at radius 2 is 2.24 bits per heavy atom. The van der Waals surface area contributed by atoms with Gasteiger partial charge in [0.05, 0.1) is 11.3 Å². The summed E-state index contributed by atoms with van der Waals surface area (Å²) in [6.07, 6.45) is 0.872. The van der Waals surface area contributed by atoms with Gasteiger partial charge in [0.1, 0.15) is 11.9 Å². The van der Waals surface area contributed by atoms with E-state index in [0.29, 0.717) is 17.3 Å². The molecule has 0 spiro atoms. The molecule has 0 saturated heterocycles. The molecule has 0 bridgehead atoms. The zero-order valence-electron chi connectivity index (χ0n) is 8.86. The Hall–Kier alpha value is -0.970. The molecule has 5 heteroatoms. The molecule has 1 aromatic heterocycles. The molecular weight excluding hydrogens is 305 g/mol. The number of hydrogen-bond acceptors (Lipinski definition) is 3. The van der Waals surface area contributed by atoms with Gasteiger partial charge in [0.25, 0.3) is 0 Å². The molecule has 0 aliphatic heterocycles. The van der Waals surface area contributed by atoms with E-state index in [0.717, 1.165) is 10.2 Å². The lowest BCUT2D eigenvalue weighted by atomic mass is 10.2. The average molecular weight is 317 g/mol. The van der Waals surface area contributed by atoms with Crippen LogP contribution in [0.1, 0.15) is 11.9 Å². The summed E-state index contributed by atoms with van der Waals surface area (Å²) in [6, 6.07) is 8.98. The van der Waals surface area contributed by atoms with Gasteiger partial charge in [0, 0.05) is 16.7 Å². The Kier molecular flexibility index (Phi) is 4.10. The zero-order chi connectivity index (χ0) is 12.3. The number of furan rings is 1. The zero-order valence-corrected chi connectivity index (χ0v) is 11.2. The normalized spacial score (nSPS) is 12.4. The average Bonchev–Trinajstić information content (AvgIpc) is 2.84. The van der Waals surface area contributed by atoms with Crippen molar-refractivity contribution in [1.29, 1.82) is 0 Å². The van der Waals surface area contributed by atoms with Crippen molar-refractivity contribution in [2.24, 2.45) is 0 Å². The van der Waals surface area contributed by atoms with Crippen molar-refractivity contribution >= 4 is 33.2 Å². The largest absolute Gasteiger partial charge is 0.467 e. The molecule has 0 radical (unpaired) electrons. The van der Waals surface area contributed by atoms with E-state index in [-0.39, 0.29) is 0 Å². The molecule has 1 heterocycles. The van der Waals surface area contributed by atoms with E-state index in [1.165, 1.54) is 6.26 Å². The van der Waals surface area contributed by atoms with Gasteiger partial charge in [-0.05, 0) is 46.3 Å². The van der Waals surface area contributed by atoms with E-state index in [1.54, 1.807) is 18.2 Å². The first-order chi connectivity index (χ1) is 8.16. The van der Waals surface area contributed by atoms with Crippen LogP contribution in [0.2, 0.25) is 5.02 Å². The van der Waals surface area contributed by atoms with Crippen molar-refractivity contribution in [3.05, 3.63) is 51.9 Å². The van der Waals surface area contributed by atoms with Gasteiger partial charge in [-0.1, -0.05) is 11.6 Å². The Bertz CT molecular complexity index is 487. The summed E-state index contributed by atoms with van der Waals surface area (Å²) in [6.45, 7) is 0.377. The third-order valence-corrected chi connectivity index (χ3v) is 3.50.